The normalized spacial score (nSPS) is 20.4. The maximum Gasteiger partial charge on any atom is 0.394 e. The van der Waals surface area contributed by atoms with Gasteiger partial charge in [0.05, 0.1) is 17.6 Å². The van der Waals surface area contributed by atoms with Crippen LogP contribution in [0.5, 0.6) is 5.88 Å². The van der Waals surface area contributed by atoms with Crippen molar-refractivity contribution in [1.82, 2.24) is 19.5 Å². The van der Waals surface area contributed by atoms with Gasteiger partial charge in [0.2, 0.25) is 5.88 Å². The second-order valence-electron chi connectivity index (χ2n) is 13.4. The number of aryl methyl sites for hydroxylation is 1. The second kappa shape index (κ2) is 14.3. The van der Waals surface area contributed by atoms with Crippen molar-refractivity contribution < 1.29 is 22.7 Å². The van der Waals surface area contributed by atoms with E-state index in [0.29, 0.717) is 23.1 Å². The fourth-order valence-electron chi connectivity index (χ4n) is 6.24. The van der Waals surface area contributed by atoms with Gasteiger partial charge in [0.1, 0.15) is 5.82 Å². The Kier molecular flexibility index (Phi) is 10.6. The number of pyridine rings is 1. The summed E-state index contributed by atoms with van der Waals surface area (Å²) in [6, 6.07) is 13.5. The number of carbonyl (C=O) groups is 1. The van der Waals surface area contributed by atoms with Gasteiger partial charge in [-0.25, -0.2) is 9.67 Å². The molecular weight excluding hydrogens is 611 g/mol. The minimum Gasteiger partial charge on any atom is -0.477 e. The average Bonchev–Trinajstić information content (AvgIpc) is 3.58. The number of alkyl halides is 3. The third-order valence-electron chi connectivity index (χ3n) is 9.42. The van der Waals surface area contributed by atoms with Crippen LogP contribution in [-0.4, -0.2) is 45.5 Å². The van der Waals surface area contributed by atoms with Crippen molar-refractivity contribution in [3.8, 4) is 11.7 Å². The standard InChI is InChI=1S/C31H36F3N5O2S.C4H10/c1-29(2)19-22-6-4-3-5-21-7-9-23(10-8-21)42-37-28(40)24-11-12-25(35-27(24)38(29)20-22)39-17-13-26(36-39)41-18-16-30(14-15-30)31(32,33)34;1-3-4-2/h7-13,17,22H,3-6,14-16,18-20H2,1-2H3,(H,37,40);3-4H2,1-2H3. The lowest BCUT2D eigenvalue weighted by Gasteiger charge is -2.34. The van der Waals surface area contributed by atoms with Crippen molar-refractivity contribution in [3.63, 3.8) is 0 Å². The van der Waals surface area contributed by atoms with E-state index in [1.165, 1.54) is 30.4 Å². The Morgan fingerprint density at radius 3 is 2.46 bits per heavy atom. The van der Waals surface area contributed by atoms with E-state index < -0.39 is 11.6 Å². The van der Waals surface area contributed by atoms with Crippen LogP contribution in [0.3, 0.4) is 0 Å². The van der Waals surface area contributed by atoms with Crippen LogP contribution < -0.4 is 14.4 Å². The number of unbranched alkanes of at least 4 members (excludes halogenated alkanes) is 1. The number of anilines is 1. The molecule has 1 saturated heterocycles. The van der Waals surface area contributed by atoms with Gasteiger partial charge in [-0.2, -0.15) is 13.2 Å². The number of halogens is 3. The highest BCUT2D eigenvalue weighted by atomic mass is 32.2. The summed E-state index contributed by atoms with van der Waals surface area (Å²) in [5.74, 6) is 1.60. The van der Waals surface area contributed by atoms with Gasteiger partial charge < -0.3 is 9.64 Å². The lowest BCUT2D eigenvalue weighted by atomic mass is 9.92. The molecule has 1 N–H and O–H groups in total. The molecule has 0 spiro atoms. The maximum atomic E-state index is 13.5. The van der Waals surface area contributed by atoms with Crippen molar-refractivity contribution in [2.24, 2.45) is 11.3 Å². The Balaban J connectivity index is 0.000000985. The molecular formula is C35H46F3N5O2S. The van der Waals surface area contributed by atoms with E-state index >= 15 is 0 Å². The van der Waals surface area contributed by atoms with Crippen LogP contribution in [0, 0.1) is 11.3 Å². The van der Waals surface area contributed by atoms with Crippen LogP contribution in [0.4, 0.5) is 19.0 Å². The molecule has 4 aliphatic rings. The Morgan fingerprint density at radius 2 is 1.78 bits per heavy atom. The molecule has 11 heteroatoms. The predicted molar refractivity (Wildman–Crippen MR) is 177 cm³/mol. The van der Waals surface area contributed by atoms with Crippen molar-refractivity contribution >= 4 is 23.7 Å². The van der Waals surface area contributed by atoms with E-state index in [1.807, 2.05) is 12.1 Å². The van der Waals surface area contributed by atoms with Crippen LogP contribution in [0.2, 0.25) is 0 Å². The third kappa shape index (κ3) is 8.01. The molecule has 7 nitrogen and oxygen atoms in total. The Labute approximate surface area is 274 Å². The first-order valence-corrected chi connectivity index (χ1v) is 17.4. The number of fused-ring (bicyclic) bond motifs is 7. The number of hydrogen-bond donors (Lipinski definition) is 1. The number of nitrogens with zero attached hydrogens (tertiary/aromatic N) is 4. The van der Waals surface area contributed by atoms with Crippen molar-refractivity contribution in [1.29, 1.82) is 0 Å². The van der Waals surface area contributed by atoms with Crippen LogP contribution in [-0.2, 0) is 6.42 Å². The minimum absolute atomic E-state index is 0.0575. The van der Waals surface area contributed by atoms with Crippen molar-refractivity contribution in [2.75, 3.05) is 18.1 Å². The van der Waals surface area contributed by atoms with E-state index in [4.69, 9.17) is 9.72 Å². The number of carbonyl (C=O) groups excluding carboxylic acids is 1. The number of ether oxygens (including phenoxy) is 1. The lowest BCUT2D eigenvalue weighted by molar-refractivity contribution is -0.190. The molecule has 2 fully saturated rings. The maximum absolute atomic E-state index is 13.5. The summed E-state index contributed by atoms with van der Waals surface area (Å²) in [5, 5.41) is 4.43. The van der Waals surface area contributed by atoms with E-state index in [-0.39, 0.29) is 43.2 Å². The summed E-state index contributed by atoms with van der Waals surface area (Å²) in [5.41, 5.74) is -0.0161. The quantitative estimate of drug-likeness (QED) is 0.267. The summed E-state index contributed by atoms with van der Waals surface area (Å²) in [6.07, 6.45) is 5.78. The number of rotatable bonds is 6. The zero-order valence-electron chi connectivity index (χ0n) is 27.3. The van der Waals surface area contributed by atoms with Crippen LogP contribution in [0.25, 0.3) is 5.82 Å². The molecule has 1 amide bonds. The van der Waals surface area contributed by atoms with Crippen molar-refractivity contribution in [2.45, 2.75) is 109 Å². The number of aromatic nitrogens is 3. The molecule has 7 rings (SSSR count). The Hall–Kier alpha value is -3.21. The molecule has 250 valence electrons. The molecule has 1 aliphatic carbocycles. The predicted octanol–water partition coefficient (Wildman–Crippen LogP) is 8.95. The van der Waals surface area contributed by atoms with E-state index in [0.717, 1.165) is 43.5 Å². The molecule has 1 atom stereocenters. The third-order valence-corrected chi connectivity index (χ3v) is 10.2. The molecule has 2 aromatic heterocycles. The monoisotopic (exact) mass is 657 g/mol. The number of amides is 1. The first-order chi connectivity index (χ1) is 21.9. The van der Waals surface area contributed by atoms with Gasteiger partial charge in [0, 0.05) is 29.2 Å². The SMILES string of the molecule is CC1(C)CC2CCCCc3ccc(cc3)SNC(=O)c3ccc(-n4ccc(OCCC5(C(F)(F)F)CC5)n4)nc3N1C2.CCCC. The summed E-state index contributed by atoms with van der Waals surface area (Å²) in [4.78, 5) is 21.6. The smallest absolute Gasteiger partial charge is 0.394 e. The van der Waals surface area contributed by atoms with Gasteiger partial charge >= 0.3 is 6.18 Å². The molecule has 1 aromatic carbocycles. The van der Waals surface area contributed by atoms with Crippen LogP contribution >= 0.6 is 11.9 Å². The molecule has 3 aromatic rings. The molecule has 3 aliphatic heterocycles. The number of nitrogens with one attached hydrogen (secondary N) is 1. The fraction of sp³-hybridized carbons (Fsp3) is 0.571. The first kappa shape index (κ1) is 34.1. The first-order valence-electron chi connectivity index (χ1n) is 16.5. The second-order valence-corrected chi connectivity index (χ2v) is 14.3. The Morgan fingerprint density at radius 1 is 1.04 bits per heavy atom. The zero-order valence-corrected chi connectivity index (χ0v) is 28.1. The molecule has 1 unspecified atom stereocenters. The minimum atomic E-state index is -4.20. The number of hydrogen-bond acceptors (Lipinski definition) is 6. The van der Waals surface area contributed by atoms with Gasteiger partial charge in [-0.3, -0.25) is 9.52 Å². The summed E-state index contributed by atoms with van der Waals surface area (Å²) in [7, 11) is 0. The van der Waals surface area contributed by atoms with Crippen molar-refractivity contribution in [3.05, 3.63) is 59.8 Å². The highest BCUT2D eigenvalue weighted by Crippen LogP contribution is 2.59. The van der Waals surface area contributed by atoms with Gasteiger partial charge in [-0.1, -0.05) is 45.2 Å². The molecule has 1 saturated carbocycles. The van der Waals surface area contributed by atoms with E-state index in [1.54, 1.807) is 29.1 Å². The zero-order chi connectivity index (χ0) is 33.0. The number of benzene rings is 1. The lowest BCUT2D eigenvalue weighted by Crippen LogP contribution is -2.40. The van der Waals surface area contributed by atoms with Gasteiger partial charge in [-0.05, 0) is 106 Å². The Bertz CT molecular complexity index is 1470. The fourth-order valence-corrected chi connectivity index (χ4v) is 6.83. The molecule has 46 heavy (non-hydrogen) atoms. The van der Waals surface area contributed by atoms with E-state index in [2.05, 4.69) is 54.5 Å². The van der Waals surface area contributed by atoms with Crippen LogP contribution in [0.15, 0.2) is 53.6 Å². The van der Waals surface area contributed by atoms with E-state index in [9.17, 15) is 18.0 Å². The topological polar surface area (TPSA) is 72.3 Å². The molecule has 5 heterocycles. The van der Waals surface area contributed by atoms with Gasteiger partial charge in [0.15, 0.2) is 5.82 Å². The largest absolute Gasteiger partial charge is 0.477 e. The van der Waals surface area contributed by atoms with Crippen LogP contribution in [0.1, 0.15) is 101 Å². The molecule has 4 bridgehead atoms. The van der Waals surface area contributed by atoms with Gasteiger partial charge in [0.25, 0.3) is 5.91 Å². The van der Waals surface area contributed by atoms with Gasteiger partial charge in [-0.15, -0.1) is 5.10 Å². The summed E-state index contributed by atoms with van der Waals surface area (Å²) >= 11 is 1.28. The highest BCUT2D eigenvalue weighted by molar-refractivity contribution is 7.98. The molecule has 0 radical (unpaired) electrons. The highest BCUT2D eigenvalue weighted by Gasteiger charge is 2.62. The summed E-state index contributed by atoms with van der Waals surface area (Å²) < 4.78 is 49.9. The average molecular weight is 658 g/mol. The summed E-state index contributed by atoms with van der Waals surface area (Å²) in [6.45, 7) is 9.50.